The number of nitrogens with zero attached hydrogens (tertiary/aromatic N) is 2. The molecule has 0 aromatic carbocycles. The minimum Gasteiger partial charge on any atom is -0.294 e. The number of hydrogen-bond donors (Lipinski definition) is 0. The third kappa shape index (κ3) is 1.97. The molecule has 0 spiro atoms. The summed E-state index contributed by atoms with van der Waals surface area (Å²) < 4.78 is 0. The van der Waals surface area contributed by atoms with Crippen molar-refractivity contribution in [3.63, 3.8) is 0 Å². The zero-order valence-corrected chi connectivity index (χ0v) is 8.15. The molecule has 1 aliphatic rings. The highest BCUT2D eigenvalue weighted by molar-refractivity contribution is 5.68. The van der Waals surface area contributed by atoms with E-state index in [0.717, 1.165) is 0 Å². The van der Waals surface area contributed by atoms with E-state index < -0.39 is 0 Å². The van der Waals surface area contributed by atoms with Crippen LogP contribution in [0.25, 0.3) is 0 Å². The van der Waals surface area contributed by atoms with Crippen LogP contribution in [0, 0.1) is 0 Å². The molecular formula is C11H14N2O. The molecule has 14 heavy (non-hydrogen) atoms. The van der Waals surface area contributed by atoms with Crippen LogP contribution in [-0.2, 0) is 0 Å². The van der Waals surface area contributed by atoms with Crippen molar-refractivity contribution in [2.45, 2.75) is 38.0 Å². The van der Waals surface area contributed by atoms with E-state index in [-0.39, 0.29) is 5.82 Å². The van der Waals surface area contributed by atoms with Crippen LogP contribution in [0.3, 0.4) is 0 Å². The lowest BCUT2D eigenvalue weighted by Gasteiger charge is -2.20. The van der Waals surface area contributed by atoms with Crippen molar-refractivity contribution in [2.75, 3.05) is 0 Å². The zero-order chi connectivity index (χ0) is 9.80. The standard InChI is InChI=1S/C11H14N2O/c14-8-11-12-6-10(7-13-11)9-4-2-1-3-5-9/h6-9H,1-5H2. The lowest BCUT2D eigenvalue weighted by molar-refractivity contribution is 0.111. The predicted octanol–water partition coefficient (Wildman–Crippen LogP) is 2.34. The maximum Gasteiger partial charge on any atom is 0.192 e. The van der Waals surface area contributed by atoms with Gasteiger partial charge in [-0.25, -0.2) is 9.97 Å². The molecule has 74 valence electrons. The number of rotatable bonds is 2. The molecule has 3 nitrogen and oxygen atoms in total. The molecule has 0 amide bonds. The number of hydrogen-bond acceptors (Lipinski definition) is 3. The van der Waals surface area contributed by atoms with Crippen molar-refractivity contribution in [3.05, 3.63) is 23.8 Å². The van der Waals surface area contributed by atoms with Gasteiger partial charge in [0.25, 0.3) is 0 Å². The van der Waals surface area contributed by atoms with Gasteiger partial charge in [-0.2, -0.15) is 0 Å². The quantitative estimate of drug-likeness (QED) is 0.672. The van der Waals surface area contributed by atoms with Gasteiger partial charge < -0.3 is 0 Å². The maximum absolute atomic E-state index is 10.4. The van der Waals surface area contributed by atoms with E-state index in [1.807, 2.05) is 0 Å². The lowest BCUT2D eigenvalue weighted by atomic mass is 9.85. The average molecular weight is 190 g/mol. The molecule has 3 heteroatoms. The Balaban J connectivity index is 2.11. The van der Waals surface area contributed by atoms with Crippen molar-refractivity contribution in [3.8, 4) is 0 Å². The van der Waals surface area contributed by atoms with Crippen LogP contribution in [0.15, 0.2) is 12.4 Å². The van der Waals surface area contributed by atoms with Crippen molar-refractivity contribution < 1.29 is 4.79 Å². The number of aldehydes is 1. The van der Waals surface area contributed by atoms with E-state index in [1.165, 1.54) is 37.7 Å². The highest BCUT2D eigenvalue weighted by Crippen LogP contribution is 2.31. The molecule has 1 heterocycles. The summed E-state index contributed by atoms with van der Waals surface area (Å²) in [5, 5.41) is 0. The van der Waals surface area contributed by atoms with Gasteiger partial charge >= 0.3 is 0 Å². The predicted molar refractivity (Wildman–Crippen MR) is 53.2 cm³/mol. The number of carbonyl (C=O) groups excluding carboxylic acids is 1. The molecule has 1 saturated carbocycles. The van der Waals surface area contributed by atoms with Gasteiger partial charge in [-0.15, -0.1) is 0 Å². The average Bonchev–Trinajstić information content (AvgIpc) is 2.30. The van der Waals surface area contributed by atoms with Crippen LogP contribution < -0.4 is 0 Å². The van der Waals surface area contributed by atoms with Gasteiger partial charge in [0, 0.05) is 12.4 Å². The molecule has 0 saturated heterocycles. The van der Waals surface area contributed by atoms with E-state index in [9.17, 15) is 4.79 Å². The first-order valence-electron chi connectivity index (χ1n) is 5.17. The third-order valence-electron chi connectivity index (χ3n) is 2.87. The Labute approximate surface area is 83.6 Å². The van der Waals surface area contributed by atoms with Crippen LogP contribution in [0.5, 0.6) is 0 Å². The Morgan fingerprint density at radius 2 is 1.79 bits per heavy atom. The summed E-state index contributed by atoms with van der Waals surface area (Å²) in [5.41, 5.74) is 1.19. The topological polar surface area (TPSA) is 42.9 Å². The summed E-state index contributed by atoms with van der Waals surface area (Å²) in [6.45, 7) is 0. The molecular weight excluding hydrogens is 176 g/mol. The SMILES string of the molecule is O=Cc1ncc(C2CCCCC2)cn1. The van der Waals surface area contributed by atoms with Crippen LogP contribution in [0.4, 0.5) is 0 Å². The maximum atomic E-state index is 10.4. The summed E-state index contributed by atoms with van der Waals surface area (Å²) >= 11 is 0. The van der Waals surface area contributed by atoms with Gasteiger partial charge in [-0.3, -0.25) is 4.79 Å². The summed E-state index contributed by atoms with van der Waals surface area (Å²) in [6, 6.07) is 0. The van der Waals surface area contributed by atoms with E-state index in [4.69, 9.17) is 0 Å². The van der Waals surface area contributed by atoms with Gasteiger partial charge in [0.2, 0.25) is 0 Å². The largest absolute Gasteiger partial charge is 0.294 e. The highest BCUT2D eigenvalue weighted by atomic mass is 16.1. The fourth-order valence-electron chi connectivity index (χ4n) is 2.06. The fourth-order valence-corrected chi connectivity index (χ4v) is 2.06. The van der Waals surface area contributed by atoms with Crippen LogP contribution in [0.1, 0.15) is 54.2 Å². The van der Waals surface area contributed by atoms with E-state index in [1.54, 1.807) is 12.4 Å². The second-order valence-electron chi connectivity index (χ2n) is 3.83. The Bertz CT molecular complexity index is 302. The van der Waals surface area contributed by atoms with Crippen LogP contribution in [0.2, 0.25) is 0 Å². The van der Waals surface area contributed by atoms with Crippen molar-refractivity contribution in [2.24, 2.45) is 0 Å². The monoisotopic (exact) mass is 190 g/mol. The minimum atomic E-state index is 0.282. The van der Waals surface area contributed by atoms with Crippen molar-refractivity contribution in [1.29, 1.82) is 0 Å². The second kappa shape index (κ2) is 4.31. The Morgan fingerprint density at radius 3 is 2.36 bits per heavy atom. The molecule has 0 radical (unpaired) electrons. The minimum absolute atomic E-state index is 0.282. The van der Waals surface area contributed by atoms with Crippen LogP contribution >= 0.6 is 0 Å². The van der Waals surface area contributed by atoms with Crippen molar-refractivity contribution >= 4 is 6.29 Å². The van der Waals surface area contributed by atoms with Gasteiger partial charge in [0.15, 0.2) is 12.1 Å². The molecule has 1 fully saturated rings. The number of aromatic nitrogens is 2. The Hall–Kier alpha value is -1.25. The van der Waals surface area contributed by atoms with E-state index in [2.05, 4.69) is 9.97 Å². The van der Waals surface area contributed by atoms with E-state index >= 15 is 0 Å². The smallest absolute Gasteiger partial charge is 0.192 e. The van der Waals surface area contributed by atoms with Crippen molar-refractivity contribution in [1.82, 2.24) is 9.97 Å². The summed E-state index contributed by atoms with van der Waals surface area (Å²) in [4.78, 5) is 18.4. The zero-order valence-electron chi connectivity index (χ0n) is 8.15. The molecule has 2 rings (SSSR count). The third-order valence-corrected chi connectivity index (χ3v) is 2.87. The summed E-state index contributed by atoms with van der Waals surface area (Å²) in [5.74, 6) is 0.897. The highest BCUT2D eigenvalue weighted by Gasteiger charge is 2.15. The normalized spacial score (nSPS) is 18.0. The lowest BCUT2D eigenvalue weighted by Crippen LogP contribution is -2.06. The molecule has 1 aromatic rings. The molecule has 0 bridgehead atoms. The number of carbonyl (C=O) groups is 1. The van der Waals surface area contributed by atoms with Gasteiger partial charge in [0.1, 0.15) is 0 Å². The Morgan fingerprint density at radius 1 is 1.14 bits per heavy atom. The molecule has 0 atom stereocenters. The van der Waals surface area contributed by atoms with Crippen LogP contribution in [-0.4, -0.2) is 16.3 Å². The van der Waals surface area contributed by atoms with Gasteiger partial charge in [-0.05, 0) is 24.3 Å². The molecule has 0 N–H and O–H groups in total. The first-order valence-corrected chi connectivity index (χ1v) is 5.17. The van der Waals surface area contributed by atoms with Gasteiger partial charge in [-0.1, -0.05) is 19.3 Å². The molecule has 0 unspecified atom stereocenters. The molecule has 0 aliphatic heterocycles. The van der Waals surface area contributed by atoms with E-state index in [0.29, 0.717) is 12.2 Å². The first-order chi connectivity index (χ1) is 6.90. The summed E-state index contributed by atoms with van der Waals surface area (Å²) in [7, 11) is 0. The second-order valence-corrected chi connectivity index (χ2v) is 3.83. The van der Waals surface area contributed by atoms with Gasteiger partial charge in [0.05, 0.1) is 0 Å². The first kappa shape index (κ1) is 9.31. The fraction of sp³-hybridized carbons (Fsp3) is 0.545. The molecule has 1 aliphatic carbocycles. The molecule has 1 aromatic heterocycles. The Kier molecular flexibility index (Phi) is 2.87. The summed E-state index contributed by atoms with van der Waals surface area (Å²) in [6.07, 6.45) is 10.7.